The maximum Gasteiger partial charge on any atom is 0.123 e. The summed E-state index contributed by atoms with van der Waals surface area (Å²) in [6.07, 6.45) is 3.21. The Balaban J connectivity index is 2.96. The Morgan fingerprint density at radius 2 is 1.89 bits per heavy atom. The van der Waals surface area contributed by atoms with Crippen LogP contribution in [0.25, 0.3) is 0 Å². The van der Waals surface area contributed by atoms with Crippen LogP contribution in [0.3, 0.4) is 0 Å². The van der Waals surface area contributed by atoms with Crippen molar-refractivity contribution in [3.05, 3.63) is 35.6 Å². The number of nitrogens with zero attached hydrogens (tertiary/aromatic N) is 1. The van der Waals surface area contributed by atoms with Gasteiger partial charge in [0.25, 0.3) is 0 Å². The van der Waals surface area contributed by atoms with Crippen LogP contribution in [0, 0.1) is 5.82 Å². The van der Waals surface area contributed by atoms with Crippen molar-refractivity contribution in [2.24, 2.45) is 5.73 Å². The Hall–Kier alpha value is -0.580. The van der Waals surface area contributed by atoms with E-state index >= 15 is 0 Å². The lowest BCUT2D eigenvalue weighted by Crippen LogP contribution is -2.43. The average Bonchev–Trinajstić information content (AvgIpc) is 2.38. The highest BCUT2D eigenvalue weighted by atomic mass is 32.2. The van der Waals surface area contributed by atoms with Crippen LogP contribution in [0.4, 0.5) is 4.39 Å². The lowest BCUT2D eigenvalue weighted by atomic mass is 9.98. The summed E-state index contributed by atoms with van der Waals surface area (Å²) >= 11 is 1.85. The van der Waals surface area contributed by atoms with Crippen LogP contribution in [-0.4, -0.2) is 36.0 Å². The highest BCUT2D eigenvalue weighted by molar-refractivity contribution is 7.98. The van der Waals surface area contributed by atoms with Crippen molar-refractivity contribution in [2.75, 3.05) is 19.1 Å². The molecule has 0 fully saturated rings. The molecule has 3 atom stereocenters. The molecule has 1 aromatic rings. The quantitative estimate of drug-likeness (QED) is 0.833. The monoisotopic (exact) mass is 284 g/mol. The van der Waals surface area contributed by atoms with E-state index in [1.54, 1.807) is 0 Å². The predicted molar refractivity (Wildman–Crippen MR) is 83.0 cm³/mol. The lowest BCUT2D eigenvalue weighted by molar-refractivity contribution is 0.164. The van der Waals surface area contributed by atoms with Crippen molar-refractivity contribution >= 4 is 11.8 Å². The second-order valence-corrected chi connectivity index (χ2v) is 5.95. The fraction of sp³-hybridized carbons (Fsp3) is 0.600. The molecule has 4 heteroatoms. The summed E-state index contributed by atoms with van der Waals surface area (Å²) in [6, 6.07) is 7.31. The number of benzene rings is 1. The zero-order valence-electron chi connectivity index (χ0n) is 12.3. The van der Waals surface area contributed by atoms with Crippen molar-refractivity contribution < 1.29 is 4.39 Å². The largest absolute Gasteiger partial charge is 0.326 e. The molecule has 0 aliphatic rings. The molecule has 0 saturated carbocycles. The summed E-state index contributed by atoms with van der Waals surface area (Å²) in [7, 11) is 2.11. The molecule has 0 bridgehead atoms. The van der Waals surface area contributed by atoms with Gasteiger partial charge in [-0.15, -0.1) is 0 Å². The third-order valence-electron chi connectivity index (χ3n) is 3.55. The Kier molecular flexibility index (Phi) is 6.83. The molecule has 1 aromatic carbocycles. The van der Waals surface area contributed by atoms with Gasteiger partial charge in [0.05, 0.1) is 0 Å². The van der Waals surface area contributed by atoms with Gasteiger partial charge in [-0.2, -0.15) is 11.8 Å². The van der Waals surface area contributed by atoms with Crippen LogP contribution in [0.5, 0.6) is 0 Å². The maximum absolute atomic E-state index is 13.0. The van der Waals surface area contributed by atoms with Gasteiger partial charge in [0, 0.05) is 23.9 Å². The van der Waals surface area contributed by atoms with Gasteiger partial charge in [0.2, 0.25) is 0 Å². The molecule has 0 aliphatic heterocycles. The molecule has 0 radical (unpaired) electrons. The van der Waals surface area contributed by atoms with Crippen molar-refractivity contribution in [2.45, 2.75) is 38.4 Å². The van der Waals surface area contributed by atoms with Crippen LogP contribution in [0.15, 0.2) is 24.3 Å². The summed E-state index contributed by atoms with van der Waals surface area (Å²) in [6.45, 7) is 4.20. The van der Waals surface area contributed by atoms with E-state index in [9.17, 15) is 4.39 Å². The van der Waals surface area contributed by atoms with Gasteiger partial charge in [-0.25, -0.2) is 4.39 Å². The van der Waals surface area contributed by atoms with E-state index in [1.807, 2.05) is 30.8 Å². The Bertz CT molecular complexity index is 367. The lowest BCUT2D eigenvalue weighted by Gasteiger charge is -2.37. The molecule has 2 nitrogen and oxygen atoms in total. The summed E-state index contributed by atoms with van der Waals surface area (Å²) in [5.74, 6) is 0.878. The first-order valence-electron chi connectivity index (χ1n) is 6.73. The summed E-state index contributed by atoms with van der Waals surface area (Å²) in [5, 5.41) is 0. The highest BCUT2D eigenvalue weighted by Gasteiger charge is 2.25. The number of thioether (sulfide) groups is 1. The Morgan fingerprint density at radius 3 is 2.32 bits per heavy atom. The smallest absolute Gasteiger partial charge is 0.123 e. The van der Waals surface area contributed by atoms with Gasteiger partial charge < -0.3 is 5.73 Å². The summed E-state index contributed by atoms with van der Waals surface area (Å²) in [5.41, 5.74) is 7.24. The first kappa shape index (κ1) is 16.5. The Labute approximate surface area is 120 Å². The van der Waals surface area contributed by atoms with Crippen molar-refractivity contribution in [1.82, 2.24) is 4.90 Å². The molecule has 1 rings (SSSR count). The maximum atomic E-state index is 13.0. The van der Waals surface area contributed by atoms with Crippen LogP contribution in [-0.2, 0) is 0 Å². The number of nitrogens with two attached hydrogens (primary N) is 1. The normalized spacial score (nSPS) is 16.4. The second kappa shape index (κ2) is 7.88. The first-order valence-corrected chi connectivity index (χ1v) is 8.12. The van der Waals surface area contributed by atoms with Crippen molar-refractivity contribution in [3.8, 4) is 0 Å². The fourth-order valence-electron chi connectivity index (χ4n) is 2.51. The first-order chi connectivity index (χ1) is 9.01. The van der Waals surface area contributed by atoms with E-state index in [4.69, 9.17) is 5.73 Å². The standard InChI is InChI=1S/C15H25FN2S/c1-5-14(10-19-4)18(3)15(11(2)17)12-6-8-13(16)9-7-12/h6-9,11,14-15H,5,10,17H2,1-4H3. The molecular weight excluding hydrogens is 259 g/mol. The van der Waals surface area contributed by atoms with Crippen LogP contribution in [0.2, 0.25) is 0 Å². The highest BCUT2D eigenvalue weighted by Crippen LogP contribution is 2.26. The van der Waals surface area contributed by atoms with Gasteiger partial charge in [0.1, 0.15) is 5.82 Å². The molecule has 108 valence electrons. The number of halogens is 1. The zero-order chi connectivity index (χ0) is 14.4. The van der Waals surface area contributed by atoms with Crippen LogP contribution < -0.4 is 5.73 Å². The van der Waals surface area contributed by atoms with Gasteiger partial charge in [-0.1, -0.05) is 19.1 Å². The SMILES string of the molecule is CCC(CSC)N(C)C(c1ccc(F)cc1)C(C)N. The molecule has 0 aliphatic carbocycles. The van der Waals surface area contributed by atoms with E-state index in [-0.39, 0.29) is 17.9 Å². The Morgan fingerprint density at radius 1 is 1.32 bits per heavy atom. The van der Waals surface area contributed by atoms with Gasteiger partial charge in [-0.3, -0.25) is 4.90 Å². The van der Waals surface area contributed by atoms with Crippen molar-refractivity contribution in [1.29, 1.82) is 0 Å². The summed E-state index contributed by atoms with van der Waals surface area (Å²) < 4.78 is 13.0. The number of rotatable bonds is 7. The van der Waals surface area contributed by atoms with Gasteiger partial charge in [0.15, 0.2) is 0 Å². The summed E-state index contributed by atoms with van der Waals surface area (Å²) in [4.78, 5) is 2.33. The molecule has 0 spiro atoms. The zero-order valence-corrected chi connectivity index (χ0v) is 13.1. The van der Waals surface area contributed by atoms with E-state index in [2.05, 4.69) is 25.1 Å². The molecule has 19 heavy (non-hydrogen) atoms. The average molecular weight is 284 g/mol. The molecule has 0 saturated heterocycles. The minimum Gasteiger partial charge on any atom is -0.326 e. The van der Waals surface area contributed by atoms with E-state index in [0.29, 0.717) is 6.04 Å². The minimum absolute atomic E-state index is 0.00590. The van der Waals surface area contributed by atoms with E-state index < -0.39 is 0 Å². The van der Waals surface area contributed by atoms with Gasteiger partial charge in [-0.05, 0) is 44.3 Å². The van der Waals surface area contributed by atoms with Crippen LogP contribution in [0.1, 0.15) is 31.9 Å². The molecular formula is C15H25FN2S. The van der Waals surface area contributed by atoms with Crippen LogP contribution >= 0.6 is 11.8 Å². The molecule has 0 heterocycles. The molecule has 0 amide bonds. The molecule has 3 unspecified atom stereocenters. The molecule has 0 aromatic heterocycles. The van der Waals surface area contributed by atoms with E-state index in [0.717, 1.165) is 17.7 Å². The third-order valence-corrected chi connectivity index (χ3v) is 4.27. The number of likely N-dealkylation sites (N-methyl/N-ethyl adjacent to an activating group) is 1. The molecule has 2 N–H and O–H groups in total. The second-order valence-electron chi connectivity index (χ2n) is 5.04. The third kappa shape index (κ3) is 4.48. The fourth-order valence-corrected chi connectivity index (χ4v) is 3.37. The van der Waals surface area contributed by atoms with Gasteiger partial charge >= 0.3 is 0 Å². The predicted octanol–water partition coefficient (Wildman–Crippen LogP) is 3.29. The van der Waals surface area contributed by atoms with Crippen molar-refractivity contribution in [3.63, 3.8) is 0 Å². The minimum atomic E-state index is -0.203. The topological polar surface area (TPSA) is 29.3 Å². The number of hydrogen-bond acceptors (Lipinski definition) is 3. The number of hydrogen-bond donors (Lipinski definition) is 1. The van der Waals surface area contributed by atoms with E-state index in [1.165, 1.54) is 12.1 Å².